The van der Waals surface area contributed by atoms with E-state index in [2.05, 4.69) is 31.4 Å². The molecule has 0 radical (unpaired) electrons. The van der Waals surface area contributed by atoms with Gasteiger partial charge >= 0.3 is 0 Å². The average molecular weight is 431 g/mol. The minimum atomic E-state index is -0.793. The molecule has 0 aromatic heterocycles. The Hall–Kier alpha value is -3.80. The number of carbonyl (C=O) groups excluding carboxylic acids is 2. The first kappa shape index (κ1) is 21.4. The van der Waals surface area contributed by atoms with Gasteiger partial charge in [0.25, 0.3) is 11.8 Å². The van der Waals surface area contributed by atoms with E-state index in [1.54, 1.807) is 36.4 Å². The van der Waals surface area contributed by atoms with Gasteiger partial charge in [-0.25, -0.2) is 0 Å². The van der Waals surface area contributed by atoms with Crippen molar-refractivity contribution in [1.29, 1.82) is 0 Å². The normalized spacial score (nSPS) is 15.0. The average Bonchev–Trinajstić information content (AvgIpc) is 2.79. The van der Waals surface area contributed by atoms with Crippen LogP contribution in [0.15, 0.2) is 72.8 Å². The molecule has 2 amide bonds. The molecule has 1 aliphatic rings. The van der Waals surface area contributed by atoms with Crippen LogP contribution >= 0.6 is 0 Å². The Labute approximate surface area is 187 Å². The molecule has 164 valence electrons. The molecular weight excluding hydrogens is 404 g/mol. The molecule has 1 heterocycles. The second kappa shape index (κ2) is 8.75. The standard InChI is InChI=1S/C26H26N2O4/c1-26(2,3)18-14-12-17(13-15-18)24(29)27-19-8-4-5-9-20(19)28-25(30)23-16-31-21-10-6-7-11-22(21)32-23/h4-15,23H,16H2,1-3H3,(H,27,29)(H,28,30). The number of benzene rings is 3. The molecule has 32 heavy (non-hydrogen) atoms. The molecule has 0 aliphatic carbocycles. The van der Waals surface area contributed by atoms with Gasteiger partial charge in [0.05, 0.1) is 11.4 Å². The fourth-order valence-corrected chi connectivity index (χ4v) is 3.38. The van der Waals surface area contributed by atoms with E-state index in [9.17, 15) is 9.59 Å². The first-order chi connectivity index (χ1) is 15.3. The number of amides is 2. The second-order valence-corrected chi connectivity index (χ2v) is 8.68. The highest BCUT2D eigenvalue weighted by Gasteiger charge is 2.28. The van der Waals surface area contributed by atoms with Crippen molar-refractivity contribution in [2.24, 2.45) is 0 Å². The van der Waals surface area contributed by atoms with Gasteiger partial charge in [-0.2, -0.15) is 0 Å². The van der Waals surface area contributed by atoms with Gasteiger partial charge in [-0.3, -0.25) is 9.59 Å². The monoisotopic (exact) mass is 430 g/mol. The van der Waals surface area contributed by atoms with Crippen LogP contribution in [0.1, 0.15) is 36.7 Å². The predicted molar refractivity (Wildman–Crippen MR) is 125 cm³/mol. The van der Waals surface area contributed by atoms with Gasteiger partial charge < -0.3 is 20.1 Å². The first-order valence-corrected chi connectivity index (χ1v) is 10.5. The lowest BCUT2D eigenvalue weighted by Gasteiger charge is -2.25. The number of carbonyl (C=O) groups is 2. The lowest BCUT2D eigenvalue weighted by molar-refractivity contribution is -0.125. The van der Waals surface area contributed by atoms with E-state index in [1.807, 2.05) is 36.4 Å². The third-order valence-electron chi connectivity index (χ3n) is 5.25. The number of fused-ring (bicyclic) bond motifs is 1. The Balaban J connectivity index is 1.45. The van der Waals surface area contributed by atoms with Gasteiger partial charge in [0.2, 0.25) is 6.10 Å². The van der Waals surface area contributed by atoms with Crippen molar-refractivity contribution in [3.05, 3.63) is 83.9 Å². The van der Waals surface area contributed by atoms with Crippen molar-refractivity contribution in [2.45, 2.75) is 32.3 Å². The summed E-state index contributed by atoms with van der Waals surface area (Å²) >= 11 is 0. The zero-order chi connectivity index (χ0) is 22.7. The summed E-state index contributed by atoms with van der Waals surface area (Å²) in [6.07, 6.45) is -0.793. The smallest absolute Gasteiger partial charge is 0.269 e. The lowest BCUT2D eigenvalue weighted by Crippen LogP contribution is -2.40. The van der Waals surface area contributed by atoms with Gasteiger partial charge in [0.1, 0.15) is 6.61 Å². The van der Waals surface area contributed by atoms with Crippen LogP contribution in [0.5, 0.6) is 11.5 Å². The highest BCUT2D eigenvalue weighted by atomic mass is 16.6. The fourth-order valence-electron chi connectivity index (χ4n) is 3.38. The number of hydrogen-bond acceptors (Lipinski definition) is 4. The van der Waals surface area contributed by atoms with E-state index in [1.165, 1.54) is 0 Å². The molecule has 4 rings (SSSR count). The van der Waals surface area contributed by atoms with Crippen molar-refractivity contribution in [2.75, 3.05) is 17.2 Å². The predicted octanol–water partition coefficient (Wildman–Crippen LogP) is 5.01. The molecule has 0 bridgehead atoms. The van der Waals surface area contributed by atoms with Gasteiger partial charge in [-0.1, -0.05) is 57.2 Å². The fraction of sp³-hybridized carbons (Fsp3) is 0.231. The molecule has 1 atom stereocenters. The molecule has 2 N–H and O–H groups in total. The zero-order valence-electron chi connectivity index (χ0n) is 18.3. The third-order valence-corrected chi connectivity index (χ3v) is 5.25. The van der Waals surface area contributed by atoms with Gasteiger partial charge in [0, 0.05) is 5.56 Å². The van der Waals surface area contributed by atoms with Crippen LogP contribution < -0.4 is 20.1 Å². The van der Waals surface area contributed by atoms with Crippen LogP contribution in [0, 0.1) is 0 Å². The van der Waals surface area contributed by atoms with Crippen molar-refractivity contribution in [1.82, 2.24) is 0 Å². The summed E-state index contributed by atoms with van der Waals surface area (Å²) in [6, 6.07) is 21.8. The highest BCUT2D eigenvalue weighted by molar-refractivity contribution is 6.07. The van der Waals surface area contributed by atoms with Crippen molar-refractivity contribution >= 4 is 23.2 Å². The minimum Gasteiger partial charge on any atom is -0.485 e. The number of hydrogen-bond donors (Lipinski definition) is 2. The van der Waals surface area contributed by atoms with Crippen molar-refractivity contribution in [3.63, 3.8) is 0 Å². The number of para-hydroxylation sites is 4. The third kappa shape index (κ3) is 4.75. The molecule has 3 aromatic carbocycles. The molecule has 1 aliphatic heterocycles. The molecule has 1 unspecified atom stereocenters. The van der Waals surface area contributed by atoms with E-state index >= 15 is 0 Å². The number of nitrogens with one attached hydrogen (secondary N) is 2. The van der Waals surface area contributed by atoms with E-state index in [0.29, 0.717) is 28.4 Å². The molecule has 6 nitrogen and oxygen atoms in total. The first-order valence-electron chi connectivity index (χ1n) is 10.5. The Morgan fingerprint density at radius 1 is 0.812 bits per heavy atom. The summed E-state index contributed by atoms with van der Waals surface area (Å²) in [5.41, 5.74) is 2.69. The number of rotatable bonds is 4. The topological polar surface area (TPSA) is 76.7 Å². The van der Waals surface area contributed by atoms with Crippen LogP contribution in [-0.2, 0) is 10.2 Å². The number of ether oxygens (including phenoxy) is 2. The quantitative estimate of drug-likeness (QED) is 0.610. The van der Waals surface area contributed by atoms with Crippen LogP contribution in [0.25, 0.3) is 0 Å². The molecule has 0 saturated carbocycles. The van der Waals surface area contributed by atoms with Gasteiger partial charge in [0.15, 0.2) is 11.5 Å². The summed E-state index contributed by atoms with van der Waals surface area (Å²) in [4.78, 5) is 25.6. The van der Waals surface area contributed by atoms with Gasteiger partial charge in [-0.15, -0.1) is 0 Å². The summed E-state index contributed by atoms with van der Waals surface area (Å²) < 4.78 is 11.4. The maximum Gasteiger partial charge on any atom is 0.269 e. The highest BCUT2D eigenvalue weighted by Crippen LogP contribution is 2.31. The van der Waals surface area contributed by atoms with E-state index < -0.39 is 6.10 Å². The molecule has 0 fully saturated rings. The Morgan fingerprint density at radius 2 is 1.41 bits per heavy atom. The van der Waals surface area contributed by atoms with Crippen LogP contribution in [-0.4, -0.2) is 24.5 Å². The Morgan fingerprint density at radius 3 is 2.06 bits per heavy atom. The van der Waals surface area contributed by atoms with Crippen LogP contribution in [0.2, 0.25) is 0 Å². The summed E-state index contributed by atoms with van der Waals surface area (Å²) in [7, 11) is 0. The molecular formula is C26H26N2O4. The molecule has 3 aromatic rings. The largest absolute Gasteiger partial charge is 0.485 e. The molecule has 0 spiro atoms. The van der Waals surface area contributed by atoms with Crippen molar-refractivity contribution < 1.29 is 19.1 Å². The summed E-state index contributed by atoms with van der Waals surface area (Å²) in [5.74, 6) is 0.537. The second-order valence-electron chi connectivity index (χ2n) is 8.68. The SMILES string of the molecule is CC(C)(C)c1ccc(C(=O)Nc2ccccc2NC(=O)C2COc3ccccc3O2)cc1. The molecule has 6 heteroatoms. The Bertz CT molecular complexity index is 1130. The summed E-state index contributed by atoms with van der Waals surface area (Å²) in [6.45, 7) is 6.49. The maximum atomic E-state index is 12.8. The van der Waals surface area contributed by atoms with Gasteiger partial charge in [-0.05, 0) is 47.4 Å². The zero-order valence-corrected chi connectivity index (χ0v) is 18.3. The Kier molecular flexibility index (Phi) is 5.86. The van der Waals surface area contributed by atoms with Crippen LogP contribution in [0.3, 0.4) is 0 Å². The van der Waals surface area contributed by atoms with Crippen molar-refractivity contribution in [3.8, 4) is 11.5 Å². The van der Waals surface area contributed by atoms with E-state index in [-0.39, 0.29) is 23.8 Å². The van der Waals surface area contributed by atoms with E-state index in [4.69, 9.17) is 9.47 Å². The minimum absolute atomic E-state index is 0.0112. The summed E-state index contributed by atoms with van der Waals surface area (Å²) in [5, 5.41) is 5.72. The maximum absolute atomic E-state index is 12.8. The van der Waals surface area contributed by atoms with E-state index in [0.717, 1.165) is 5.56 Å². The van der Waals surface area contributed by atoms with Crippen LogP contribution in [0.4, 0.5) is 11.4 Å². The number of anilines is 2. The molecule has 0 saturated heterocycles. The lowest BCUT2D eigenvalue weighted by atomic mass is 9.87.